The Morgan fingerprint density at radius 2 is 1.23 bits per heavy atom. The molecular formula is C35H31BO2S+. The predicted octanol–water partition coefficient (Wildman–Crippen LogP) is 6.99. The monoisotopic (exact) mass is 526 g/mol. The number of rotatable bonds is 4. The largest absolute Gasteiger partial charge is 0.625 e. The summed E-state index contributed by atoms with van der Waals surface area (Å²) in [7, 11) is 1.98. The minimum Gasteiger partial charge on any atom is -0.530 e. The Labute approximate surface area is 235 Å². The van der Waals surface area contributed by atoms with Gasteiger partial charge in [-0.2, -0.15) is 0 Å². The molecule has 4 heteroatoms. The lowest BCUT2D eigenvalue weighted by Crippen LogP contribution is -2.52. The zero-order valence-corrected chi connectivity index (χ0v) is 23.5. The van der Waals surface area contributed by atoms with Crippen LogP contribution in [0.15, 0.2) is 113 Å². The van der Waals surface area contributed by atoms with E-state index in [9.17, 15) is 5.11 Å². The second-order valence-corrected chi connectivity index (χ2v) is 12.8. The van der Waals surface area contributed by atoms with E-state index in [1.165, 1.54) is 53.9 Å². The third kappa shape index (κ3) is 3.45. The zero-order valence-electron chi connectivity index (χ0n) is 22.7. The highest BCUT2D eigenvalue weighted by Gasteiger charge is 2.52. The molecule has 0 amide bonds. The van der Waals surface area contributed by atoms with Crippen molar-refractivity contribution in [3.8, 4) is 11.1 Å². The summed E-state index contributed by atoms with van der Waals surface area (Å²) in [6.07, 6.45) is 0. The molecule has 1 spiro atoms. The van der Waals surface area contributed by atoms with Crippen LogP contribution in [0.25, 0.3) is 21.9 Å². The molecule has 5 aromatic carbocycles. The van der Waals surface area contributed by atoms with Crippen LogP contribution in [0.1, 0.15) is 49.9 Å². The molecule has 0 unspecified atom stereocenters. The normalized spacial score (nSPS) is 15.0. The molecule has 1 aliphatic carbocycles. The van der Waals surface area contributed by atoms with Gasteiger partial charge >= 0.3 is 7.48 Å². The second kappa shape index (κ2) is 8.60. The topological polar surface area (TPSA) is 33.0 Å². The van der Waals surface area contributed by atoms with E-state index in [0.717, 1.165) is 5.46 Å². The third-order valence-corrected chi connectivity index (χ3v) is 10.1. The third-order valence-electron chi connectivity index (χ3n) is 8.91. The van der Waals surface area contributed by atoms with Crippen LogP contribution in [0.4, 0.5) is 0 Å². The first-order valence-corrected chi connectivity index (χ1v) is 14.4. The molecule has 39 heavy (non-hydrogen) atoms. The SMILES string of the molecule is CC(C)(O)C(C)(C)[OH+][B]c1cccc2c1-c1c(ccc3ccccc13)C21c2ccccc2Sc2ccccc21. The molecule has 1 radical (unpaired) electrons. The van der Waals surface area contributed by atoms with E-state index in [0.29, 0.717) is 0 Å². The van der Waals surface area contributed by atoms with Gasteiger partial charge in [0.25, 0.3) is 0 Å². The van der Waals surface area contributed by atoms with Gasteiger partial charge in [-0.3, -0.25) is 0 Å². The standard InChI is InChI=1S/C35H31BO2S/c1-33(2,37)34(3,4)38-36-28-17-11-16-26-32(28)31-23-13-6-5-12-22(23)20-21-27(31)35(26)24-14-7-9-18-29(24)39-30-19-10-8-15-25(30)35/h5-21,37-38H,1-4H3/q+1. The van der Waals surface area contributed by atoms with Gasteiger partial charge in [-0.05, 0) is 70.1 Å². The van der Waals surface area contributed by atoms with Crippen LogP contribution in [0.3, 0.4) is 0 Å². The van der Waals surface area contributed by atoms with Gasteiger partial charge in [0.15, 0.2) is 5.60 Å². The number of aliphatic hydroxyl groups is 2. The van der Waals surface area contributed by atoms with Gasteiger partial charge in [-0.1, -0.05) is 103 Å². The molecule has 0 saturated heterocycles. The van der Waals surface area contributed by atoms with E-state index in [4.69, 9.17) is 4.65 Å². The summed E-state index contributed by atoms with van der Waals surface area (Å²) < 4.78 is 4.97. The summed E-state index contributed by atoms with van der Waals surface area (Å²) in [5.74, 6) is 0. The quantitative estimate of drug-likeness (QED) is 0.198. The Morgan fingerprint density at radius 1 is 0.641 bits per heavy atom. The molecule has 2 aliphatic rings. The molecule has 2 N–H and O–H groups in total. The lowest BCUT2D eigenvalue weighted by molar-refractivity contribution is -0.157. The minimum absolute atomic E-state index is 0.428. The van der Waals surface area contributed by atoms with E-state index < -0.39 is 16.6 Å². The molecule has 5 aromatic rings. The van der Waals surface area contributed by atoms with Gasteiger partial charge < -0.3 is 9.76 Å². The van der Waals surface area contributed by atoms with Crippen LogP contribution >= 0.6 is 11.8 Å². The van der Waals surface area contributed by atoms with Crippen LogP contribution < -0.4 is 5.46 Å². The van der Waals surface area contributed by atoms with Gasteiger partial charge in [0.2, 0.25) is 0 Å². The maximum absolute atomic E-state index is 10.8. The maximum atomic E-state index is 10.8. The van der Waals surface area contributed by atoms with E-state index in [1.54, 1.807) is 0 Å². The summed E-state index contributed by atoms with van der Waals surface area (Å²) in [5, 5.41) is 13.3. The smallest absolute Gasteiger partial charge is 0.530 e. The van der Waals surface area contributed by atoms with Crippen molar-refractivity contribution in [2.75, 3.05) is 0 Å². The van der Waals surface area contributed by atoms with Crippen LogP contribution in [-0.2, 0) is 5.41 Å². The molecule has 0 saturated carbocycles. The second-order valence-electron chi connectivity index (χ2n) is 11.7. The van der Waals surface area contributed by atoms with Gasteiger partial charge in [0.1, 0.15) is 5.60 Å². The molecule has 0 fully saturated rings. The Bertz CT molecular complexity index is 1720. The number of benzene rings is 5. The molecule has 0 aromatic heterocycles. The van der Waals surface area contributed by atoms with E-state index in [1.807, 2.05) is 46.9 Å². The number of fused-ring (bicyclic) bond motifs is 11. The van der Waals surface area contributed by atoms with Crippen molar-refractivity contribution in [2.45, 2.75) is 54.1 Å². The van der Waals surface area contributed by atoms with E-state index in [2.05, 4.69) is 103 Å². The Hall–Kier alpha value is -3.31. The average molecular weight is 527 g/mol. The van der Waals surface area contributed by atoms with Crippen molar-refractivity contribution in [3.05, 3.63) is 125 Å². The highest BCUT2D eigenvalue weighted by Crippen LogP contribution is 2.62. The van der Waals surface area contributed by atoms with Crippen molar-refractivity contribution in [2.24, 2.45) is 0 Å². The van der Waals surface area contributed by atoms with Crippen molar-refractivity contribution in [1.82, 2.24) is 0 Å². The van der Waals surface area contributed by atoms with Gasteiger partial charge in [0.05, 0.1) is 5.41 Å². The van der Waals surface area contributed by atoms with Crippen LogP contribution in [0, 0.1) is 0 Å². The first kappa shape index (κ1) is 24.7. The summed E-state index contributed by atoms with van der Waals surface area (Å²) in [5.41, 5.74) is 6.83. The number of hydrogen-bond acceptors (Lipinski definition) is 2. The fourth-order valence-corrected chi connectivity index (χ4v) is 7.42. The fraction of sp³-hybridized carbons (Fsp3) is 0.200. The van der Waals surface area contributed by atoms with Gasteiger partial charge in [0, 0.05) is 29.1 Å². The maximum Gasteiger partial charge on any atom is 0.625 e. The van der Waals surface area contributed by atoms with Crippen molar-refractivity contribution in [3.63, 3.8) is 0 Å². The lowest BCUT2D eigenvalue weighted by atomic mass is 9.66. The fourth-order valence-electron chi connectivity index (χ4n) is 6.23. The lowest BCUT2D eigenvalue weighted by Gasteiger charge is -2.39. The molecular weight excluding hydrogens is 495 g/mol. The number of hydrogen-bond donors (Lipinski definition) is 1. The van der Waals surface area contributed by atoms with Gasteiger partial charge in [-0.15, -0.1) is 0 Å². The van der Waals surface area contributed by atoms with Crippen molar-refractivity contribution < 1.29 is 9.76 Å². The van der Waals surface area contributed by atoms with Crippen LogP contribution in [-0.4, -0.2) is 28.4 Å². The van der Waals surface area contributed by atoms with E-state index in [-0.39, 0.29) is 0 Å². The minimum atomic E-state index is -0.953. The molecule has 1 aliphatic heterocycles. The molecule has 0 atom stereocenters. The highest BCUT2D eigenvalue weighted by molar-refractivity contribution is 7.99. The first-order valence-electron chi connectivity index (χ1n) is 13.5. The summed E-state index contributed by atoms with van der Waals surface area (Å²) >= 11 is 1.86. The van der Waals surface area contributed by atoms with Crippen molar-refractivity contribution >= 4 is 35.5 Å². The molecule has 7 rings (SSSR count). The molecule has 1 heterocycles. The molecule has 0 bridgehead atoms. The van der Waals surface area contributed by atoms with Crippen LogP contribution in [0.2, 0.25) is 0 Å². The predicted molar refractivity (Wildman–Crippen MR) is 163 cm³/mol. The Balaban J connectivity index is 1.58. The Morgan fingerprint density at radius 3 is 1.92 bits per heavy atom. The summed E-state index contributed by atoms with van der Waals surface area (Å²) in [6.45, 7) is 7.63. The molecule has 191 valence electrons. The van der Waals surface area contributed by atoms with Crippen LogP contribution in [0.5, 0.6) is 0 Å². The van der Waals surface area contributed by atoms with E-state index >= 15 is 0 Å². The summed E-state index contributed by atoms with van der Waals surface area (Å²) in [4.78, 5) is 2.59. The summed E-state index contributed by atoms with van der Waals surface area (Å²) in [6, 6.07) is 37.7. The highest BCUT2D eigenvalue weighted by atomic mass is 32.2. The van der Waals surface area contributed by atoms with Gasteiger partial charge in [-0.25, -0.2) is 0 Å². The molecule has 2 nitrogen and oxygen atoms in total. The first-order chi connectivity index (χ1) is 18.7. The Kier molecular flexibility index (Phi) is 5.45. The average Bonchev–Trinajstić information content (AvgIpc) is 3.23. The zero-order chi connectivity index (χ0) is 27.0. The van der Waals surface area contributed by atoms with Crippen molar-refractivity contribution in [1.29, 1.82) is 0 Å².